The van der Waals surface area contributed by atoms with Gasteiger partial charge in [0.15, 0.2) is 5.78 Å². The number of hydrogen-bond donors (Lipinski definition) is 2. The second-order valence-electron chi connectivity index (χ2n) is 6.82. The summed E-state index contributed by atoms with van der Waals surface area (Å²) in [7, 11) is -3.96. The van der Waals surface area contributed by atoms with E-state index in [0.29, 0.717) is 22.7 Å². The minimum absolute atomic E-state index is 0.00974. The molecule has 4 rings (SSSR count). The Morgan fingerprint density at radius 3 is 1.61 bits per heavy atom. The van der Waals surface area contributed by atoms with Crippen LogP contribution in [0.4, 0.5) is 5.69 Å². The van der Waals surface area contributed by atoms with Crippen molar-refractivity contribution in [3.05, 3.63) is 121 Å². The maximum Gasteiger partial charge on any atom is 0.457 e. The molecule has 0 saturated carbocycles. The SMILES string of the molecule is O=P(Oc1ccccc1)(Oc1ccccc1)C(Nc1ccccc1)c1ccccc1O. The first-order valence-corrected chi connectivity index (χ1v) is 11.4. The van der Waals surface area contributed by atoms with E-state index in [-0.39, 0.29) is 5.75 Å². The van der Waals surface area contributed by atoms with Gasteiger partial charge in [-0.25, -0.2) is 4.57 Å². The van der Waals surface area contributed by atoms with Crippen LogP contribution in [0.1, 0.15) is 11.3 Å². The number of phenols is 1. The van der Waals surface area contributed by atoms with Crippen LogP contribution in [0.25, 0.3) is 0 Å². The molecule has 156 valence electrons. The maximum absolute atomic E-state index is 14.4. The Balaban J connectivity index is 1.82. The van der Waals surface area contributed by atoms with Gasteiger partial charge >= 0.3 is 7.60 Å². The summed E-state index contributed by atoms with van der Waals surface area (Å²) in [5, 5.41) is 13.8. The van der Waals surface area contributed by atoms with Crippen molar-refractivity contribution in [2.75, 3.05) is 5.32 Å². The molecule has 6 heteroatoms. The van der Waals surface area contributed by atoms with Gasteiger partial charge in [0.2, 0.25) is 0 Å². The molecule has 0 radical (unpaired) electrons. The Hall–Kier alpha value is -3.69. The zero-order valence-corrected chi connectivity index (χ0v) is 17.6. The molecule has 0 fully saturated rings. The number of phenolic OH excluding ortho intramolecular Hbond substituents is 1. The molecule has 1 atom stereocenters. The van der Waals surface area contributed by atoms with E-state index in [1.165, 1.54) is 0 Å². The first-order valence-electron chi connectivity index (χ1n) is 9.82. The first-order chi connectivity index (χ1) is 15.1. The van der Waals surface area contributed by atoms with Crippen molar-refractivity contribution in [1.29, 1.82) is 0 Å². The zero-order chi connectivity index (χ0) is 21.5. The number of anilines is 1. The molecule has 5 nitrogen and oxygen atoms in total. The molecule has 0 heterocycles. The van der Waals surface area contributed by atoms with Gasteiger partial charge in [-0.15, -0.1) is 0 Å². The molecule has 31 heavy (non-hydrogen) atoms. The number of nitrogens with one attached hydrogen (secondary N) is 1. The Kier molecular flexibility index (Phi) is 6.25. The molecule has 0 aliphatic carbocycles. The topological polar surface area (TPSA) is 67.8 Å². The standard InChI is InChI=1S/C25H22NO4P/c27-24-19-11-10-18-23(24)25(26-20-12-4-1-5-13-20)31(28,29-21-14-6-2-7-15-21)30-22-16-8-3-9-17-22/h1-19,25-27H. The molecule has 0 aromatic heterocycles. The first kappa shape index (κ1) is 20.6. The van der Waals surface area contributed by atoms with Crippen LogP contribution in [0.2, 0.25) is 0 Å². The van der Waals surface area contributed by atoms with Crippen molar-refractivity contribution in [2.24, 2.45) is 0 Å². The highest BCUT2D eigenvalue weighted by Gasteiger charge is 2.42. The average Bonchev–Trinajstić information content (AvgIpc) is 2.80. The third kappa shape index (κ3) is 5.08. The molecule has 0 saturated heterocycles. The lowest BCUT2D eigenvalue weighted by molar-refractivity contribution is 0.374. The molecular formula is C25H22NO4P. The lowest BCUT2D eigenvalue weighted by Gasteiger charge is -2.29. The molecule has 0 amide bonds. The number of rotatable bonds is 8. The number of aromatic hydroxyl groups is 1. The normalized spacial score (nSPS) is 12.0. The third-order valence-corrected chi connectivity index (χ3v) is 6.55. The summed E-state index contributed by atoms with van der Waals surface area (Å²) in [5.41, 5.74) is 1.12. The summed E-state index contributed by atoms with van der Waals surface area (Å²) in [6.07, 6.45) is 0. The van der Waals surface area contributed by atoms with E-state index in [4.69, 9.17) is 9.05 Å². The van der Waals surface area contributed by atoms with Gasteiger partial charge in [-0.2, -0.15) is 0 Å². The quantitative estimate of drug-likeness (QED) is 0.299. The molecular weight excluding hydrogens is 409 g/mol. The van der Waals surface area contributed by atoms with E-state index in [1.807, 2.05) is 42.5 Å². The van der Waals surface area contributed by atoms with Gasteiger partial charge in [-0.1, -0.05) is 72.8 Å². The Morgan fingerprint density at radius 1 is 0.645 bits per heavy atom. The highest BCUT2D eigenvalue weighted by molar-refractivity contribution is 7.55. The number of hydrogen-bond acceptors (Lipinski definition) is 5. The number of benzene rings is 4. The van der Waals surface area contributed by atoms with Crippen molar-refractivity contribution < 1.29 is 18.7 Å². The Labute approximate surface area is 181 Å². The number of para-hydroxylation sites is 4. The Morgan fingerprint density at radius 2 is 1.10 bits per heavy atom. The van der Waals surface area contributed by atoms with Gasteiger partial charge in [-0.3, -0.25) is 0 Å². The maximum atomic E-state index is 14.4. The second kappa shape index (κ2) is 9.41. The lowest BCUT2D eigenvalue weighted by Crippen LogP contribution is -2.18. The van der Waals surface area contributed by atoms with E-state index in [1.54, 1.807) is 72.8 Å². The molecule has 4 aromatic rings. The van der Waals surface area contributed by atoms with Crippen LogP contribution in [0.15, 0.2) is 115 Å². The van der Waals surface area contributed by atoms with Crippen LogP contribution >= 0.6 is 7.60 Å². The van der Waals surface area contributed by atoms with Gasteiger partial charge in [0, 0.05) is 11.3 Å². The van der Waals surface area contributed by atoms with Crippen LogP contribution in [0.5, 0.6) is 17.2 Å². The average molecular weight is 431 g/mol. The highest BCUT2D eigenvalue weighted by Crippen LogP contribution is 2.61. The van der Waals surface area contributed by atoms with Crippen molar-refractivity contribution in [3.8, 4) is 17.2 Å². The van der Waals surface area contributed by atoms with E-state index >= 15 is 0 Å². The summed E-state index contributed by atoms with van der Waals surface area (Å²) in [4.78, 5) is 0. The summed E-state index contributed by atoms with van der Waals surface area (Å²) in [6, 6.07) is 33.8. The fourth-order valence-electron chi connectivity index (χ4n) is 3.12. The molecule has 0 bridgehead atoms. The van der Waals surface area contributed by atoms with Gasteiger partial charge in [0.1, 0.15) is 17.2 Å². The fraction of sp³-hybridized carbons (Fsp3) is 0.0400. The predicted molar refractivity (Wildman–Crippen MR) is 123 cm³/mol. The minimum atomic E-state index is -3.96. The van der Waals surface area contributed by atoms with Crippen LogP contribution in [0.3, 0.4) is 0 Å². The van der Waals surface area contributed by atoms with Gasteiger partial charge in [0.25, 0.3) is 0 Å². The monoisotopic (exact) mass is 431 g/mol. The summed E-state index contributed by atoms with van der Waals surface area (Å²) < 4.78 is 26.4. The van der Waals surface area contributed by atoms with E-state index in [2.05, 4.69) is 5.32 Å². The van der Waals surface area contributed by atoms with Crippen LogP contribution in [-0.4, -0.2) is 5.11 Å². The summed E-state index contributed by atoms with van der Waals surface area (Å²) in [6.45, 7) is 0. The van der Waals surface area contributed by atoms with Gasteiger partial charge < -0.3 is 19.5 Å². The molecule has 1 unspecified atom stereocenters. The van der Waals surface area contributed by atoms with Crippen LogP contribution in [0, 0.1) is 0 Å². The predicted octanol–water partition coefficient (Wildman–Crippen LogP) is 6.85. The van der Waals surface area contributed by atoms with Gasteiger partial charge in [-0.05, 0) is 42.5 Å². The second-order valence-corrected chi connectivity index (χ2v) is 8.78. The van der Waals surface area contributed by atoms with Gasteiger partial charge in [0.05, 0.1) is 0 Å². The smallest absolute Gasteiger partial charge is 0.457 e. The van der Waals surface area contributed by atoms with Crippen molar-refractivity contribution >= 4 is 13.3 Å². The highest BCUT2D eigenvalue weighted by atomic mass is 31.2. The fourth-order valence-corrected chi connectivity index (χ4v) is 5.06. The van der Waals surface area contributed by atoms with E-state index in [9.17, 15) is 9.67 Å². The van der Waals surface area contributed by atoms with Crippen molar-refractivity contribution in [2.45, 2.75) is 5.78 Å². The Bertz CT molecular complexity index is 1110. The van der Waals surface area contributed by atoms with E-state index in [0.717, 1.165) is 0 Å². The lowest BCUT2D eigenvalue weighted by atomic mass is 10.2. The van der Waals surface area contributed by atoms with E-state index < -0.39 is 13.4 Å². The van der Waals surface area contributed by atoms with Crippen LogP contribution < -0.4 is 14.4 Å². The summed E-state index contributed by atoms with van der Waals surface area (Å²) in [5.74, 6) is -0.185. The van der Waals surface area contributed by atoms with Crippen molar-refractivity contribution in [1.82, 2.24) is 0 Å². The van der Waals surface area contributed by atoms with Crippen LogP contribution in [-0.2, 0) is 4.57 Å². The zero-order valence-electron chi connectivity index (χ0n) is 16.7. The molecule has 0 aliphatic rings. The third-order valence-electron chi connectivity index (χ3n) is 4.58. The minimum Gasteiger partial charge on any atom is -0.508 e. The summed E-state index contributed by atoms with van der Waals surface area (Å²) >= 11 is 0. The molecule has 0 spiro atoms. The molecule has 0 aliphatic heterocycles. The molecule has 2 N–H and O–H groups in total. The largest absolute Gasteiger partial charge is 0.508 e. The molecule has 4 aromatic carbocycles. The van der Waals surface area contributed by atoms with Crippen molar-refractivity contribution in [3.63, 3.8) is 0 Å².